The summed E-state index contributed by atoms with van der Waals surface area (Å²) in [4.78, 5) is 18.8. The van der Waals surface area contributed by atoms with Crippen molar-refractivity contribution in [2.24, 2.45) is 0 Å². The molecule has 1 aliphatic heterocycles. The summed E-state index contributed by atoms with van der Waals surface area (Å²) in [7, 11) is 0. The molecular formula is C13H14N4O. The van der Waals surface area contributed by atoms with Crippen LogP contribution in [0.3, 0.4) is 0 Å². The smallest absolute Gasteiger partial charge is 0.257 e. The molecule has 2 aromatic rings. The van der Waals surface area contributed by atoms with Gasteiger partial charge in [0.1, 0.15) is 0 Å². The molecule has 0 aliphatic carbocycles. The van der Waals surface area contributed by atoms with Crippen LogP contribution in [0.4, 0.5) is 5.95 Å². The van der Waals surface area contributed by atoms with E-state index >= 15 is 0 Å². The van der Waals surface area contributed by atoms with Crippen LogP contribution in [0.15, 0.2) is 30.6 Å². The molecule has 0 unspecified atom stereocenters. The van der Waals surface area contributed by atoms with Gasteiger partial charge in [-0.3, -0.25) is 10.1 Å². The van der Waals surface area contributed by atoms with Crippen molar-refractivity contribution in [2.75, 3.05) is 11.9 Å². The number of nitrogens with one attached hydrogen (secondary N) is 3. The van der Waals surface area contributed by atoms with Gasteiger partial charge in [-0.2, -0.15) is 0 Å². The average molecular weight is 242 g/mol. The first kappa shape index (κ1) is 11.0. The predicted molar refractivity (Wildman–Crippen MR) is 68.4 cm³/mol. The molecule has 1 amide bonds. The number of aromatic amines is 1. The third kappa shape index (κ3) is 2.12. The summed E-state index contributed by atoms with van der Waals surface area (Å²) >= 11 is 0. The van der Waals surface area contributed by atoms with Crippen LogP contribution in [0.1, 0.15) is 21.5 Å². The summed E-state index contributed by atoms with van der Waals surface area (Å²) in [6, 6.07) is 5.84. The minimum Gasteiger partial charge on any atom is -0.331 e. The van der Waals surface area contributed by atoms with E-state index in [2.05, 4.69) is 20.6 Å². The molecular weight excluding hydrogens is 228 g/mol. The van der Waals surface area contributed by atoms with E-state index in [4.69, 9.17) is 0 Å². The van der Waals surface area contributed by atoms with E-state index in [9.17, 15) is 4.79 Å². The Kier molecular flexibility index (Phi) is 2.82. The van der Waals surface area contributed by atoms with Gasteiger partial charge in [0, 0.05) is 24.5 Å². The Hall–Kier alpha value is -2.14. The maximum absolute atomic E-state index is 12.0. The van der Waals surface area contributed by atoms with E-state index in [0.717, 1.165) is 19.5 Å². The van der Waals surface area contributed by atoms with E-state index in [1.165, 1.54) is 11.1 Å². The number of amides is 1. The third-order valence-electron chi connectivity index (χ3n) is 3.09. The molecule has 0 fully saturated rings. The van der Waals surface area contributed by atoms with Crippen molar-refractivity contribution in [3.05, 3.63) is 47.3 Å². The monoisotopic (exact) mass is 242 g/mol. The van der Waals surface area contributed by atoms with Gasteiger partial charge in [0.25, 0.3) is 5.91 Å². The lowest BCUT2D eigenvalue weighted by molar-refractivity contribution is 0.102. The van der Waals surface area contributed by atoms with Crippen molar-refractivity contribution < 1.29 is 4.79 Å². The summed E-state index contributed by atoms with van der Waals surface area (Å²) in [5, 5.41) is 6.02. The Morgan fingerprint density at radius 2 is 2.28 bits per heavy atom. The zero-order valence-corrected chi connectivity index (χ0v) is 9.86. The lowest BCUT2D eigenvalue weighted by Gasteiger charge is -2.17. The molecule has 0 saturated carbocycles. The van der Waals surface area contributed by atoms with Crippen LogP contribution in [-0.2, 0) is 13.0 Å². The van der Waals surface area contributed by atoms with Gasteiger partial charge in [0.15, 0.2) is 0 Å². The molecule has 1 aromatic heterocycles. The largest absolute Gasteiger partial charge is 0.331 e. The van der Waals surface area contributed by atoms with Crippen molar-refractivity contribution in [3.8, 4) is 0 Å². The molecule has 5 heteroatoms. The minimum absolute atomic E-state index is 0.140. The third-order valence-corrected chi connectivity index (χ3v) is 3.09. The zero-order valence-electron chi connectivity index (χ0n) is 9.86. The number of anilines is 1. The van der Waals surface area contributed by atoms with Crippen molar-refractivity contribution in [1.82, 2.24) is 15.3 Å². The van der Waals surface area contributed by atoms with E-state index in [1.807, 2.05) is 18.2 Å². The SMILES string of the molecule is O=C(Nc1ncc[nH]1)c1ccc2c(c1)CNCC2. The molecule has 0 spiro atoms. The van der Waals surface area contributed by atoms with E-state index < -0.39 is 0 Å². The first-order chi connectivity index (χ1) is 8.83. The Balaban J connectivity index is 1.81. The van der Waals surface area contributed by atoms with Crippen LogP contribution in [0.5, 0.6) is 0 Å². The number of aromatic nitrogens is 2. The number of H-pyrrole nitrogens is 1. The van der Waals surface area contributed by atoms with Gasteiger partial charge in [-0.25, -0.2) is 4.98 Å². The molecule has 1 aromatic carbocycles. The molecule has 3 rings (SSSR count). The second kappa shape index (κ2) is 4.62. The summed E-state index contributed by atoms with van der Waals surface area (Å²) < 4.78 is 0. The van der Waals surface area contributed by atoms with Crippen LogP contribution in [0, 0.1) is 0 Å². The quantitative estimate of drug-likeness (QED) is 0.743. The average Bonchev–Trinajstić information content (AvgIpc) is 2.91. The molecule has 2 heterocycles. The van der Waals surface area contributed by atoms with E-state index in [-0.39, 0.29) is 5.91 Å². The molecule has 18 heavy (non-hydrogen) atoms. The second-order valence-electron chi connectivity index (χ2n) is 4.30. The van der Waals surface area contributed by atoms with Crippen molar-refractivity contribution in [3.63, 3.8) is 0 Å². The van der Waals surface area contributed by atoms with E-state index in [1.54, 1.807) is 12.4 Å². The number of nitrogens with zero attached hydrogens (tertiary/aromatic N) is 1. The maximum Gasteiger partial charge on any atom is 0.257 e. The number of fused-ring (bicyclic) bond motifs is 1. The summed E-state index contributed by atoms with van der Waals surface area (Å²) in [6.07, 6.45) is 4.30. The van der Waals surface area contributed by atoms with Crippen molar-refractivity contribution in [2.45, 2.75) is 13.0 Å². The van der Waals surface area contributed by atoms with Gasteiger partial charge in [-0.1, -0.05) is 6.07 Å². The molecule has 0 bridgehead atoms. The molecule has 92 valence electrons. The molecule has 0 saturated heterocycles. The van der Waals surface area contributed by atoms with Gasteiger partial charge in [0.2, 0.25) is 5.95 Å². The first-order valence-electron chi connectivity index (χ1n) is 5.96. The topological polar surface area (TPSA) is 69.8 Å². The fourth-order valence-electron chi connectivity index (χ4n) is 2.14. The van der Waals surface area contributed by atoms with Crippen LogP contribution in [0.2, 0.25) is 0 Å². The molecule has 5 nitrogen and oxygen atoms in total. The van der Waals surface area contributed by atoms with Gasteiger partial charge in [-0.05, 0) is 36.2 Å². The molecule has 0 radical (unpaired) electrons. The molecule has 1 aliphatic rings. The zero-order chi connectivity index (χ0) is 12.4. The molecule has 3 N–H and O–H groups in total. The highest BCUT2D eigenvalue weighted by atomic mass is 16.1. The van der Waals surface area contributed by atoms with Gasteiger partial charge in [0.05, 0.1) is 0 Å². The van der Waals surface area contributed by atoms with Gasteiger partial charge in [-0.15, -0.1) is 0 Å². The van der Waals surface area contributed by atoms with Crippen LogP contribution >= 0.6 is 0 Å². The van der Waals surface area contributed by atoms with Crippen LogP contribution in [0.25, 0.3) is 0 Å². The summed E-state index contributed by atoms with van der Waals surface area (Å²) in [6.45, 7) is 1.84. The number of carbonyl (C=O) groups is 1. The van der Waals surface area contributed by atoms with Crippen LogP contribution in [-0.4, -0.2) is 22.4 Å². The lowest BCUT2D eigenvalue weighted by atomic mass is 9.98. The minimum atomic E-state index is -0.140. The first-order valence-corrected chi connectivity index (χ1v) is 5.96. The van der Waals surface area contributed by atoms with Crippen molar-refractivity contribution in [1.29, 1.82) is 0 Å². The van der Waals surface area contributed by atoms with E-state index in [0.29, 0.717) is 11.5 Å². The number of hydrogen-bond donors (Lipinski definition) is 3. The Morgan fingerprint density at radius 1 is 1.33 bits per heavy atom. The molecule has 0 atom stereocenters. The number of hydrogen-bond acceptors (Lipinski definition) is 3. The number of carbonyl (C=O) groups excluding carboxylic acids is 1. The van der Waals surface area contributed by atoms with Crippen molar-refractivity contribution >= 4 is 11.9 Å². The highest BCUT2D eigenvalue weighted by Crippen LogP contribution is 2.16. The number of imidazole rings is 1. The fraction of sp³-hybridized carbons (Fsp3) is 0.231. The number of benzene rings is 1. The maximum atomic E-state index is 12.0. The normalized spacial score (nSPS) is 14.0. The summed E-state index contributed by atoms with van der Waals surface area (Å²) in [5.74, 6) is 0.328. The Labute approximate surface area is 105 Å². The summed E-state index contributed by atoms with van der Waals surface area (Å²) in [5.41, 5.74) is 3.19. The lowest BCUT2D eigenvalue weighted by Crippen LogP contribution is -2.24. The fourth-order valence-corrected chi connectivity index (χ4v) is 2.14. The number of rotatable bonds is 2. The van der Waals surface area contributed by atoms with Gasteiger partial charge >= 0.3 is 0 Å². The highest BCUT2D eigenvalue weighted by Gasteiger charge is 2.12. The standard InChI is InChI=1S/C13H14N4O/c18-12(17-13-15-5-6-16-13)10-2-1-9-3-4-14-8-11(9)7-10/h1-2,5-7,14H,3-4,8H2,(H2,15,16,17,18). The Morgan fingerprint density at radius 3 is 3.11 bits per heavy atom. The van der Waals surface area contributed by atoms with Crippen LogP contribution < -0.4 is 10.6 Å². The Bertz CT molecular complexity index is 562. The second-order valence-corrected chi connectivity index (χ2v) is 4.30. The highest BCUT2D eigenvalue weighted by molar-refractivity contribution is 6.03. The predicted octanol–water partition coefficient (Wildman–Crippen LogP) is 1.31. The van der Waals surface area contributed by atoms with Gasteiger partial charge < -0.3 is 10.3 Å².